The molecule has 2 rings (SSSR count). The van der Waals surface area contributed by atoms with Gasteiger partial charge in [0.15, 0.2) is 0 Å². The maximum Gasteiger partial charge on any atom is 0.311 e. The van der Waals surface area contributed by atoms with E-state index in [1.807, 2.05) is 0 Å². The highest BCUT2D eigenvalue weighted by atomic mass is 79.9. The standard InChI is InChI=1S/C12H6BrClFNO3/c13-7-3-9(15)6-10(4-7)19-12-5-8(14)1-2-11(12)16(17)18/h1-6H. The lowest BCUT2D eigenvalue weighted by molar-refractivity contribution is -0.385. The summed E-state index contributed by atoms with van der Waals surface area (Å²) in [5.74, 6) is -0.429. The molecule has 0 fully saturated rings. The van der Waals surface area contributed by atoms with Gasteiger partial charge < -0.3 is 4.74 Å². The van der Waals surface area contributed by atoms with Crippen molar-refractivity contribution >= 4 is 33.2 Å². The van der Waals surface area contributed by atoms with Crippen molar-refractivity contribution < 1.29 is 14.1 Å². The van der Waals surface area contributed by atoms with E-state index in [1.54, 1.807) is 0 Å². The normalized spacial score (nSPS) is 10.3. The van der Waals surface area contributed by atoms with Gasteiger partial charge in [-0.3, -0.25) is 10.1 Å². The number of hydrogen-bond donors (Lipinski definition) is 0. The first kappa shape index (κ1) is 13.8. The molecular formula is C12H6BrClFNO3. The summed E-state index contributed by atoms with van der Waals surface area (Å²) >= 11 is 8.87. The molecule has 0 bridgehead atoms. The molecule has 2 aromatic carbocycles. The highest BCUT2D eigenvalue weighted by Crippen LogP contribution is 2.34. The first-order valence-corrected chi connectivity index (χ1v) is 6.20. The van der Waals surface area contributed by atoms with Crippen LogP contribution in [0.4, 0.5) is 10.1 Å². The van der Waals surface area contributed by atoms with Crippen LogP contribution < -0.4 is 4.74 Å². The van der Waals surface area contributed by atoms with Gasteiger partial charge in [0, 0.05) is 27.7 Å². The van der Waals surface area contributed by atoms with Gasteiger partial charge >= 0.3 is 5.69 Å². The SMILES string of the molecule is O=[N+]([O-])c1ccc(Cl)cc1Oc1cc(F)cc(Br)c1. The molecule has 0 aliphatic rings. The second-order valence-electron chi connectivity index (χ2n) is 3.58. The van der Waals surface area contributed by atoms with Crippen LogP contribution in [0.25, 0.3) is 0 Å². The van der Waals surface area contributed by atoms with Crippen LogP contribution in [0.3, 0.4) is 0 Å². The molecule has 19 heavy (non-hydrogen) atoms. The average molecular weight is 347 g/mol. The molecule has 0 aliphatic carbocycles. The van der Waals surface area contributed by atoms with Crippen LogP contribution in [0.15, 0.2) is 40.9 Å². The number of rotatable bonds is 3. The Balaban J connectivity index is 2.42. The highest BCUT2D eigenvalue weighted by Gasteiger charge is 2.16. The maximum absolute atomic E-state index is 13.2. The molecule has 0 N–H and O–H groups in total. The second kappa shape index (κ2) is 5.54. The van der Waals surface area contributed by atoms with Crippen LogP contribution in [0.1, 0.15) is 0 Å². The third-order valence-electron chi connectivity index (χ3n) is 2.18. The van der Waals surface area contributed by atoms with Gasteiger partial charge in [0.25, 0.3) is 0 Å². The zero-order chi connectivity index (χ0) is 14.0. The third kappa shape index (κ3) is 3.42. The predicted octanol–water partition coefficient (Wildman–Crippen LogP) is 4.94. The Bertz CT molecular complexity index is 631. The van der Waals surface area contributed by atoms with Crippen LogP contribution >= 0.6 is 27.5 Å². The second-order valence-corrected chi connectivity index (χ2v) is 4.93. The number of halogens is 3. The van der Waals surface area contributed by atoms with Crippen molar-refractivity contribution in [2.45, 2.75) is 0 Å². The molecule has 0 saturated carbocycles. The Hall–Kier alpha value is -1.66. The minimum Gasteiger partial charge on any atom is -0.450 e. The van der Waals surface area contributed by atoms with Crippen LogP contribution in [0.2, 0.25) is 5.02 Å². The van der Waals surface area contributed by atoms with Crippen LogP contribution in [0.5, 0.6) is 11.5 Å². The third-order valence-corrected chi connectivity index (χ3v) is 2.88. The van der Waals surface area contributed by atoms with Gasteiger partial charge in [-0.1, -0.05) is 27.5 Å². The number of nitro benzene ring substituents is 1. The van der Waals surface area contributed by atoms with E-state index in [1.165, 1.54) is 30.3 Å². The quantitative estimate of drug-likeness (QED) is 0.584. The van der Waals surface area contributed by atoms with Gasteiger partial charge in [-0.15, -0.1) is 0 Å². The Morgan fingerprint density at radius 1 is 1.26 bits per heavy atom. The fourth-order valence-electron chi connectivity index (χ4n) is 1.43. The van der Waals surface area contributed by atoms with Gasteiger partial charge in [-0.05, 0) is 18.2 Å². The molecule has 0 saturated heterocycles. The van der Waals surface area contributed by atoms with E-state index in [2.05, 4.69) is 15.9 Å². The number of benzene rings is 2. The summed E-state index contributed by atoms with van der Waals surface area (Å²) in [4.78, 5) is 10.3. The number of hydrogen-bond acceptors (Lipinski definition) is 3. The lowest BCUT2D eigenvalue weighted by Crippen LogP contribution is -1.93. The summed E-state index contributed by atoms with van der Waals surface area (Å²) < 4.78 is 19.0. The molecule has 7 heteroatoms. The zero-order valence-corrected chi connectivity index (χ0v) is 11.6. The van der Waals surface area contributed by atoms with Crippen molar-refractivity contribution in [2.24, 2.45) is 0 Å². The molecule has 0 atom stereocenters. The van der Waals surface area contributed by atoms with Crippen LogP contribution in [-0.4, -0.2) is 4.92 Å². The first-order chi connectivity index (χ1) is 8.95. The van der Waals surface area contributed by atoms with E-state index in [-0.39, 0.29) is 22.2 Å². The Kier molecular flexibility index (Phi) is 4.01. The molecule has 0 aromatic heterocycles. The summed E-state index contributed by atoms with van der Waals surface area (Å²) in [6.45, 7) is 0. The molecule has 0 unspecified atom stereocenters. The zero-order valence-electron chi connectivity index (χ0n) is 9.27. The smallest absolute Gasteiger partial charge is 0.311 e. The molecule has 2 aromatic rings. The lowest BCUT2D eigenvalue weighted by atomic mass is 10.3. The molecule has 0 radical (unpaired) electrons. The van der Waals surface area contributed by atoms with Gasteiger partial charge in [0.1, 0.15) is 11.6 Å². The summed E-state index contributed by atoms with van der Waals surface area (Å²) in [5, 5.41) is 11.1. The van der Waals surface area contributed by atoms with Gasteiger partial charge in [-0.25, -0.2) is 4.39 Å². The van der Waals surface area contributed by atoms with Crippen molar-refractivity contribution in [1.29, 1.82) is 0 Å². The summed E-state index contributed by atoms with van der Waals surface area (Å²) in [5.41, 5.74) is -0.246. The van der Waals surface area contributed by atoms with Crippen molar-refractivity contribution in [1.82, 2.24) is 0 Å². The number of nitrogens with zero attached hydrogens (tertiary/aromatic N) is 1. The topological polar surface area (TPSA) is 52.4 Å². The highest BCUT2D eigenvalue weighted by molar-refractivity contribution is 9.10. The monoisotopic (exact) mass is 345 g/mol. The molecule has 98 valence electrons. The molecular weight excluding hydrogens is 340 g/mol. The fraction of sp³-hybridized carbons (Fsp3) is 0. The lowest BCUT2D eigenvalue weighted by Gasteiger charge is -2.07. The largest absolute Gasteiger partial charge is 0.450 e. The van der Waals surface area contributed by atoms with Gasteiger partial charge in [0.2, 0.25) is 5.75 Å². The minimum absolute atomic E-state index is 0.0463. The van der Waals surface area contributed by atoms with E-state index < -0.39 is 10.7 Å². The molecule has 0 amide bonds. The Morgan fingerprint density at radius 2 is 2.00 bits per heavy atom. The van der Waals surface area contributed by atoms with Gasteiger partial charge in [-0.2, -0.15) is 0 Å². The van der Waals surface area contributed by atoms with Crippen LogP contribution in [-0.2, 0) is 0 Å². The van der Waals surface area contributed by atoms with Crippen molar-refractivity contribution in [3.8, 4) is 11.5 Å². The first-order valence-electron chi connectivity index (χ1n) is 5.03. The van der Waals surface area contributed by atoms with E-state index in [0.29, 0.717) is 4.47 Å². The Morgan fingerprint density at radius 3 is 2.63 bits per heavy atom. The predicted molar refractivity (Wildman–Crippen MR) is 72.3 cm³/mol. The molecule has 0 spiro atoms. The number of ether oxygens (including phenoxy) is 1. The van der Waals surface area contributed by atoms with E-state index in [4.69, 9.17) is 16.3 Å². The van der Waals surface area contributed by atoms with Crippen molar-refractivity contribution in [3.05, 3.63) is 61.8 Å². The van der Waals surface area contributed by atoms with E-state index in [9.17, 15) is 14.5 Å². The average Bonchev–Trinajstić information content (AvgIpc) is 2.26. The molecule has 4 nitrogen and oxygen atoms in total. The Labute approximate surface area is 121 Å². The number of nitro groups is 1. The molecule has 0 heterocycles. The van der Waals surface area contributed by atoms with E-state index in [0.717, 1.165) is 6.07 Å². The summed E-state index contributed by atoms with van der Waals surface area (Å²) in [7, 11) is 0. The summed E-state index contributed by atoms with van der Waals surface area (Å²) in [6.07, 6.45) is 0. The maximum atomic E-state index is 13.2. The fourth-order valence-corrected chi connectivity index (χ4v) is 2.04. The van der Waals surface area contributed by atoms with Crippen molar-refractivity contribution in [3.63, 3.8) is 0 Å². The molecule has 0 aliphatic heterocycles. The van der Waals surface area contributed by atoms with Gasteiger partial charge in [0.05, 0.1) is 4.92 Å². The van der Waals surface area contributed by atoms with Crippen LogP contribution in [0, 0.1) is 15.9 Å². The van der Waals surface area contributed by atoms with E-state index >= 15 is 0 Å². The minimum atomic E-state index is -0.597. The van der Waals surface area contributed by atoms with Crippen molar-refractivity contribution in [2.75, 3.05) is 0 Å². The summed E-state index contributed by atoms with van der Waals surface area (Å²) in [6, 6.07) is 7.78.